The van der Waals surface area contributed by atoms with Gasteiger partial charge in [-0.1, -0.05) is 27.7 Å². The Balaban J connectivity index is 2.64. The molecule has 2 atom stereocenters. The second kappa shape index (κ2) is 7.34. The van der Waals surface area contributed by atoms with E-state index in [0.717, 1.165) is 19.6 Å². The van der Waals surface area contributed by atoms with Gasteiger partial charge < -0.3 is 10.1 Å². The molecule has 3 heteroatoms. The Morgan fingerprint density at radius 2 is 1.76 bits per heavy atom. The molecule has 17 heavy (non-hydrogen) atoms. The Kier molecular flexibility index (Phi) is 6.45. The third-order valence-corrected chi connectivity index (χ3v) is 3.37. The summed E-state index contributed by atoms with van der Waals surface area (Å²) in [5.74, 6) is 1.43. The summed E-state index contributed by atoms with van der Waals surface area (Å²) in [5, 5.41) is 3.46. The van der Waals surface area contributed by atoms with Gasteiger partial charge in [0.05, 0.1) is 6.61 Å². The average molecular weight is 242 g/mol. The van der Waals surface area contributed by atoms with Gasteiger partial charge >= 0.3 is 0 Å². The minimum atomic E-state index is 0.540. The predicted molar refractivity (Wildman–Crippen MR) is 73.3 cm³/mol. The highest BCUT2D eigenvalue weighted by atomic mass is 16.5. The van der Waals surface area contributed by atoms with Crippen LogP contribution in [0.4, 0.5) is 0 Å². The Bertz CT molecular complexity index is 196. The summed E-state index contributed by atoms with van der Waals surface area (Å²) in [6.07, 6.45) is 1.13. The molecule has 2 unspecified atom stereocenters. The number of likely N-dealkylation sites (N-methyl/N-ethyl adjacent to an activating group) is 1. The number of ether oxygens (including phenoxy) is 1. The Morgan fingerprint density at radius 1 is 1.18 bits per heavy atom. The lowest BCUT2D eigenvalue weighted by atomic mass is 9.99. The van der Waals surface area contributed by atoms with Crippen LogP contribution in [0, 0.1) is 11.8 Å². The molecule has 0 bridgehead atoms. The van der Waals surface area contributed by atoms with Gasteiger partial charge in [0.25, 0.3) is 0 Å². The zero-order chi connectivity index (χ0) is 12.8. The van der Waals surface area contributed by atoms with E-state index in [1.807, 2.05) is 0 Å². The molecule has 0 aliphatic carbocycles. The first-order valence-electron chi connectivity index (χ1n) is 7.03. The largest absolute Gasteiger partial charge is 0.380 e. The molecule has 3 nitrogen and oxygen atoms in total. The monoisotopic (exact) mass is 242 g/mol. The fourth-order valence-corrected chi connectivity index (χ4v) is 2.70. The smallest absolute Gasteiger partial charge is 0.0637 e. The predicted octanol–water partition coefficient (Wildman–Crippen LogP) is 1.98. The third kappa shape index (κ3) is 4.94. The molecule has 0 amide bonds. The van der Waals surface area contributed by atoms with E-state index in [9.17, 15) is 0 Å². The van der Waals surface area contributed by atoms with E-state index in [2.05, 4.69) is 45.0 Å². The summed E-state index contributed by atoms with van der Waals surface area (Å²) in [6, 6.07) is 1.12. The van der Waals surface area contributed by atoms with Crippen LogP contribution in [0.5, 0.6) is 0 Å². The molecular weight excluding hydrogens is 212 g/mol. The van der Waals surface area contributed by atoms with Gasteiger partial charge in [0.2, 0.25) is 0 Å². The van der Waals surface area contributed by atoms with Gasteiger partial charge in [-0.3, -0.25) is 4.90 Å². The van der Waals surface area contributed by atoms with Gasteiger partial charge in [-0.05, 0) is 25.3 Å². The fourth-order valence-electron chi connectivity index (χ4n) is 2.70. The highest BCUT2D eigenvalue weighted by molar-refractivity contribution is 4.87. The summed E-state index contributed by atoms with van der Waals surface area (Å²) < 4.78 is 5.68. The summed E-state index contributed by atoms with van der Waals surface area (Å²) >= 11 is 0. The van der Waals surface area contributed by atoms with Crippen molar-refractivity contribution in [2.75, 3.05) is 33.4 Å². The number of nitrogens with one attached hydrogen (secondary N) is 1. The van der Waals surface area contributed by atoms with Gasteiger partial charge in [-0.25, -0.2) is 0 Å². The van der Waals surface area contributed by atoms with Crippen molar-refractivity contribution in [3.63, 3.8) is 0 Å². The van der Waals surface area contributed by atoms with Crippen LogP contribution in [0.15, 0.2) is 0 Å². The highest BCUT2D eigenvalue weighted by Crippen LogP contribution is 2.17. The maximum atomic E-state index is 5.68. The molecule has 1 heterocycles. The molecule has 1 aliphatic heterocycles. The molecule has 1 saturated heterocycles. The van der Waals surface area contributed by atoms with Crippen molar-refractivity contribution in [3.05, 3.63) is 0 Å². The van der Waals surface area contributed by atoms with Crippen molar-refractivity contribution < 1.29 is 4.74 Å². The van der Waals surface area contributed by atoms with Crippen LogP contribution in [-0.4, -0.2) is 50.3 Å². The number of hydrogen-bond acceptors (Lipinski definition) is 3. The van der Waals surface area contributed by atoms with Crippen LogP contribution in [-0.2, 0) is 4.74 Å². The SMILES string of the molecule is CNC1CCOCC1N(CC(C)C)CC(C)C. The van der Waals surface area contributed by atoms with E-state index in [1.165, 1.54) is 13.1 Å². The lowest BCUT2D eigenvalue weighted by Crippen LogP contribution is -2.56. The molecule has 0 aromatic heterocycles. The fraction of sp³-hybridized carbons (Fsp3) is 1.00. The minimum absolute atomic E-state index is 0.540. The van der Waals surface area contributed by atoms with Crippen molar-refractivity contribution in [1.82, 2.24) is 10.2 Å². The Labute approximate surface area is 107 Å². The quantitative estimate of drug-likeness (QED) is 0.771. The first-order chi connectivity index (χ1) is 8.04. The van der Waals surface area contributed by atoms with E-state index >= 15 is 0 Å². The normalized spacial score (nSPS) is 26.1. The van der Waals surface area contributed by atoms with Gasteiger partial charge in [0.1, 0.15) is 0 Å². The average Bonchev–Trinajstić information content (AvgIpc) is 2.27. The molecular formula is C14H30N2O. The van der Waals surface area contributed by atoms with Crippen LogP contribution in [0.3, 0.4) is 0 Å². The van der Waals surface area contributed by atoms with Crippen molar-refractivity contribution >= 4 is 0 Å². The number of hydrogen-bond donors (Lipinski definition) is 1. The van der Waals surface area contributed by atoms with Gasteiger partial charge in [-0.15, -0.1) is 0 Å². The van der Waals surface area contributed by atoms with Crippen LogP contribution in [0.2, 0.25) is 0 Å². The summed E-state index contributed by atoms with van der Waals surface area (Å²) in [6.45, 7) is 13.3. The van der Waals surface area contributed by atoms with Gasteiger partial charge in [0, 0.05) is 31.8 Å². The van der Waals surface area contributed by atoms with Gasteiger partial charge in [0.15, 0.2) is 0 Å². The molecule has 1 fully saturated rings. The maximum absolute atomic E-state index is 5.68. The molecule has 1 N–H and O–H groups in total. The van der Waals surface area contributed by atoms with E-state index < -0.39 is 0 Å². The van der Waals surface area contributed by atoms with Crippen molar-refractivity contribution in [1.29, 1.82) is 0 Å². The Morgan fingerprint density at radius 3 is 2.24 bits per heavy atom. The summed E-state index contributed by atoms with van der Waals surface area (Å²) in [7, 11) is 2.08. The Hall–Kier alpha value is -0.120. The van der Waals surface area contributed by atoms with Crippen molar-refractivity contribution in [2.24, 2.45) is 11.8 Å². The topological polar surface area (TPSA) is 24.5 Å². The molecule has 102 valence electrons. The molecule has 0 aromatic carbocycles. The zero-order valence-corrected chi connectivity index (χ0v) is 12.2. The van der Waals surface area contributed by atoms with Gasteiger partial charge in [-0.2, -0.15) is 0 Å². The number of nitrogens with zero attached hydrogens (tertiary/aromatic N) is 1. The van der Waals surface area contributed by atoms with E-state index in [4.69, 9.17) is 4.74 Å². The summed E-state index contributed by atoms with van der Waals surface area (Å²) in [5.41, 5.74) is 0. The minimum Gasteiger partial charge on any atom is -0.380 e. The first kappa shape index (κ1) is 14.9. The van der Waals surface area contributed by atoms with E-state index in [1.54, 1.807) is 0 Å². The van der Waals surface area contributed by atoms with Crippen molar-refractivity contribution in [2.45, 2.75) is 46.2 Å². The molecule has 0 spiro atoms. The lowest BCUT2D eigenvalue weighted by Gasteiger charge is -2.41. The second-order valence-corrected chi connectivity index (χ2v) is 6.07. The molecule has 0 aromatic rings. The van der Waals surface area contributed by atoms with Crippen LogP contribution in [0.25, 0.3) is 0 Å². The molecule has 1 aliphatic rings. The molecule has 1 rings (SSSR count). The standard InChI is InChI=1S/C14H30N2O/c1-11(2)8-16(9-12(3)4)14-10-17-7-6-13(14)15-5/h11-15H,6-10H2,1-5H3. The lowest BCUT2D eigenvalue weighted by molar-refractivity contribution is -0.00928. The number of rotatable bonds is 6. The first-order valence-corrected chi connectivity index (χ1v) is 7.03. The third-order valence-electron chi connectivity index (χ3n) is 3.37. The van der Waals surface area contributed by atoms with Crippen LogP contribution >= 0.6 is 0 Å². The second-order valence-electron chi connectivity index (χ2n) is 6.07. The molecule has 0 saturated carbocycles. The summed E-state index contributed by atoms with van der Waals surface area (Å²) in [4.78, 5) is 2.62. The van der Waals surface area contributed by atoms with E-state index in [0.29, 0.717) is 23.9 Å². The van der Waals surface area contributed by atoms with E-state index in [-0.39, 0.29) is 0 Å². The maximum Gasteiger partial charge on any atom is 0.0637 e. The van der Waals surface area contributed by atoms with Crippen LogP contribution in [0.1, 0.15) is 34.1 Å². The van der Waals surface area contributed by atoms with Crippen molar-refractivity contribution in [3.8, 4) is 0 Å². The van der Waals surface area contributed by atoms with Crippen LogP contribution < -0.4 is 5.32 Å². The molecule has 0 radical (unpaired) electrons. The highest BCUT2D eigenvalue weighted by Gasteiger charge is 2.30. The zero-order valence-electron chi connectivity index (χ0n) is 12.2.